The van der Waals surface area contributed by atoms with Crippen LogP contribution in [0.2, 0.25) is 0 Å². The minimum atomic E-state index is 0.176. The van der Waals surface area contributed by atoms with Gasteiger partial charge in [0.25, 0.3) is 0 Å². The van der Waals surface area contributed by atoms with Crippen molar-refractivity contribution in [3.05, 3.63) is 18.0 Å². The summed E-state index contributed by atoms with van der Waals surface area (Å²) in [7, 11) is 0. The van der Waals surface area contributed by atoms with Crippen LogP contribution in [-0.4, -0.2) is 34.7 Å². The second-order valence-electron chi connectivity index (χ2n) is 5.97. The average molecular weight is 237 g/mol. The molecule has 0 amide bonds. The topological polar surface area (TPSA) is 41.3 Å². The van der Waals surface area contributed by atoms with Crippen LogP contribution >= 0.6 is 0 Å². The van der Waals surface area contributed by atoms with E-state index in [1.54, 1.807) is 6.26 Å². The van der Waals surface area contributed by atoms with Gasteiger partial charge in [0, 0.05) is 37.3 Å². The van der Waals surface area contributed by atoms with Crippen molar-refractivity contribution in [2.24, 2.45) is 5.92 Å². The van der Waals surface area contributed by atoms with Crippen molar-refractivity contribution in [1.29, 1.82) is 0 Å². The summed E-state index contributed by atoms with van der Waals surface area (Å²) in [5, 5.41) is 7.63. The molecule has 4 nitrogen and oxygen atoms in total. The van der Waals surface area contributed by atoms with E-state index in [9.17, 15) is 0 Å². The molecule has 0 aliphatic carbocycles. The van der Waals surface area contributed by atoms with Crippen LogP contribution in [0.25, 0.3) is 0 Å². The second kappa shape index (κ2) is 4.78. The van der Waals surface area contributed by atoms with E-state index in [1.807, 2.05) is 6.07 Å². The Kier molecular flexibility index (Phi) is 3.54. The molecule has 1 aromatic rings. The van der Waals surface area contributed by atoms with Crippen LogP contribution in [0.3, 0.4) is 0 Å². The first-order chi connectivity index (χ1) is 7.98. The van der Waals surface area contributed by atoms with Gasteiger partial charge in [-0.25, -0.2) is 0 Å². The highest BCUT2D eigenvalue weighted by Gasteiger charge is 2.34. The van der Waals surface area contributed by atoms with Crippen LogP contribution in [0, 0.1) is 5.92 Å². The summed E-state index contributed by atoms with van der Waals surface area (Å²) in [5.41, 5.74) is 1.20. The third-order valence-electron chi connectivity index (χ3n) is 3.48. The van der Waals surface area contributed by atoms with Crippen molar-refractivity contribution in [3.8, 4) is 0 Å². The number of piperazine rings is 1. The summed E-state index contributed by atoms with van der Waals surface area (Å²) in [6, 6.07) is 2.52. The molecule has 1 saturated heterocycles. The summed E-state index contributed by atoms with van der Waals surface area (Å²) in [4.78, 5) is 2.51. The zero-order valence-corrected chi connectivity index (χ0v) is 11.2. The van der Waals surface area contributed by atoms with Crippen LogP contribution in [0.4, 0.5) is 0 Å². The van der Waals surface area contributed by atoms with Crippen molar-refractivity contribution < 1.29 is 4.52 Å². The van der Waals surface area contributed by atoms with Crippen molar-refractivity contribution in [2.75, 3.05) is 13.1 Å². The molecule has 0 spiro atoms. The Balaban J connectivity index is 2.08. The standard InChI is InChI=1S/C13H23N3O/c1-10(2)12-7-14-13(3,4)9-16(12)8-11-5-6-17-15-11/h5-6,10,12,14H,7-9H2,1-4H3. The zero-order chi connectivity index (χ0) is 12.5. The first-order valence-corrected chi connectivity index (χ1v) is 6.36. The number of nitrogens with one attached hydrogen (secondary N) is 1. The molecule has 96 valence electrons. The smallest absolute Gasteiger partial charge is 0.124 e. The van der Waals surface area contributed by atoms with Crippen molar-refractivity contribution in [1.82, 2.24) is 15.4 Å². The molecule has 0 aromatic carbocycles. The summed E-state index contributed by atoms with van der Waals surface area (Å²) in [5.74, 6) is 0.644. The number of nitrogens with zero attached hydrogens (tertiary/aromatic N) is 2. The first kappa shape index (κ1) is 12.6. The second-order valence-corrected chi connectivity index (χ2v) is 5.97. The van der Waals surface area contributed by atoms with Crippen LogP contribution in [-0.2, 0) is 6.54 Å². The van der Waals surface area contributed by atoms with E-state index >= 15 is 0 Å². The average Bonchev–Trinajstić information content (AvgIpc) is 2.68. The lowest BCUT2D eigenvalue weighted by molar-refractivity contribution is 0.0608. The van der Waals surface area contributed by atoms with Crippen LogP contribution in [0.5, 0.6) is 0 Å². The summed E-state index contributed by atoms with van der Waals surface area (Å²) in [6.07, 6.45) is 1.65. The highest BCUT2D eigenvalue weighted by Crippen LogP contribution is 2.21. The highest BCUT2D eigenvalue weighted by molar-refractivity contribution is 5.00. The quantitative estimate of drug-likeness (QED) is 0.871. The SMILES string of the molecule is CC(C)C1CNC(C)(C)CN1Cc1ccon1. The molecule has 1 atom stereocenters. The third kappa shape index (κ3) is 3.07. The molecule has 1 aliphatic rings. The normalized spacial score (nSPS) is 25.4. The molecule has 4 heteroatoms. The molecule has 1 fully saturated rings. The molecule has 0 bridgehead atoms. The molecule has 1 aromatic heterocycles. The third-order valence-corrected chi connectivity index (χ3v) is 3.48. The van der Waals surface area contributed by atoms with E-state index in [2.05, 4.69) is 43.1 Å². The first-order valence-electron chi connectivity index (χ1n) is 6.36. The Morgan fingerprint density at radius 3 is 2.94 bits per heavy atom. The molecule has 1 unspecified atom stereocenters. The van der Waals surface area contributed by atoms with Gasteiger partial charge in [-0.15, -0.1) is 0 Å². The van der Waals surface area contributed by atoms with E-state index < -0.39 is 0 Å². The van der Waals surface area contributed by atoms with Crippen LogP contribution in [0.15, 0.2) is 16.9 Å². The van der Waals surface area contributed by atoms with E-state index in [0.717, 1.165) is 25.3 Å². The fraction of sp³-hybridized carbons (Fsp3) is 0.769. The van der Waals surface area contributed by atoms with Gasteiger partial charge in [-0.05, 0) is 19.8 Å². The largest absolute Gasteiger partial charge is 0.364 e. The number of rotatable bonds is 3. The zero-order valence-electron chi connectivity index (χ0n) is 11.2. The monoisotopic (exact) mass is 237 g/mol. The number of hydrogen-bond acceptors (Lipinski definition) is 4. The molecular formula is C13H23N3O. The molecule has 2 heterocycles. The van der Waals surface area contributed by atoms with E-state index in [4.69, 9.17) is 4.52 Å². The number of aromatic nitrogens is 1. The maximum Gasteiger partial charge on any atom is 0.124 e. The number of hydrogen-bond donors (Lipinski definition) is 1. The van der Waals surface area contributed by atoms with Gasteiger partial charge in [0.05, 0.1) is 5.69 Å². The summed E-state index contributed by atoms with van der Waals surface area (Å²) >= 11 is 0. The van der Waals surface area contributed by atoms with Gasteiger partial charge in [0.1, 0.15) is 6.26 Å². The summed E-state index contributed by atoms with van der Waals surface area (Å²) < 4.78 is 4.91. The van der Waals surface area contributed by atoms with Gasteiger partial charge in [0.2, 0.25) is 0 Å². The lowest BCUT2D eigenvalue weighted by Crippen LogP contribution is -2.62. The molecule has 1 aliphatic heterocycles. The lowest BCUT2D eigenvalue weighted by Gasteiger charge is -2.46. The lowest BCUT2D eigenvalue weighted by atomic mass is 9.93. The molecule has 1 N–H and O–H groups in total. The van der Waals surface area contributed by atoms with Gasteiger partial charge < -0.3 is 9.84 Å². The Labute approximate surface area is 103 Å². The maximum atomic E-state index is 4.91. The minimum Gasteiger partial charge on any atom is -0.364 e. The Bertz CT molecular complexity index is 346. The fourth-order valence-corrected chi connectivity index (χ4v) is 2.55. The fourth-order valence-electron chi connectivity index (χ4n) is 2.55. The Morgan fingerprint density at radius 2 is 2.35 bits per heavy atom. The van der Waals surface area contributed by atoms with Gasteiger partial charge in [-0.3, -0.25) is 4.90 Å². The van der Waals surface area contributed by atoms with Crippen LogP contribution < -0.4 is 5.32 Å². The maximum absolute atomic E-state index is 4.91. The molecule has 2 rings (SSSR count). The Morgan fingerprint density at radius 1 is 1.59 bits per heavy atom. The van der Waals surface area contributed by atoms with Crippen LogP contribution in [0.1, 0.15) is 33.4 Å². The van der Waals surface area contributed by atoms with Gasteiger partial charge in [0.15, 0.2) is 0 Å². The highest BCUT2D eigenvalue weighted by atomic mass is 16.5. The van der Waals surface area contributed by atoms with Gasteiger partial charge >= 0.3 is 0 Å². The van der Waals surface area contributed by atoms with Gasteiger partial charge in [-0.1, -0.05) is 19.0 Å². The minimum absolute atomic E-state index is 0.176. The molecule has 0 radical (unpaired) electrons. The van der Waals surface area contributed by atoms with Crippen molar-refractivity contribution >= 4 is 0 Å². The van der Waals surface area contributed by atoms with E-state index in [-0.39, 0.29) is 5.54 Å². The molecule has 0 saturated carbocycles. The predicted octanol–water partition coefficient (Wildman–Crippen LogP) is 1.88. The summed E-state index contributed by atoms with van der Waals surface area (Å²) in [6.45, 7) is 12.0. The van der Waals surface area contributed by atoms with Crippen molar-refractivity contribution in [3.63, 3.8) is 0 Å². The Hall–Kier alpha value is -0.870. The van der Waals surface area contributed by atoms with E-state index in [0.29, 0.717) is 12.0 Å². The molecule has 17 heavy (non-hydrogen) atoms. The molecular weight excluding hydrogens is 214 g/mol. The predicted molar refractivity (Wildman–Crippen MR) is 67.6 cm³/mol. The van der Waals surface area contributed by atoms with Crippen molar-refractivity contribution in [2.45, 2.75) is 45.8 Å². The van der Waals surface area contributed by atoms with E-state index in [1.165, 1.54) is 0 Å². The van der Waals surface area contributed by atoms with Gasteiger partial charge in [-0.2, -0.15) is 0 Å².